The molecule has 0 unspecified atom stereocenters. The molecule has 0 heterocycles. The predicted octanol–water partition coefficient (Wildman–Crippen LogP) is 2.07. The average Bonchev–Trinajstić information content (AvgIpc) is 1.96. The molecular formula is C8H16Br2O3. The van der Waals surface area contributed by atoms with Crippen LogP contribution in [0.3, 0.4) is 0 Å². The molecular weight excluding hydrogens is 304 g/mol. The molecule has 80 valence electrons. The Hall–Kier alpha value is 0.840. The van der Waals surface area contributed by atoms with Crippen LogP contribution in [0.4, 0.5) is 0 Å². The molecule has 0 rings (SSSR count). The molecule has 0 aliphatic rings. The summed E-state index contributed by atoms with van der Waals surface area (Å²) in [6.07, 6.45) is 4.54. The zero-order valence-electron chi connectivity index (χ0n) is 7.63. The Morgan fingerprint density at radius 2 is 1.54 bits per heavy atom. The van der Waals surface area contributed by atoms with E-state index in [1.54, 1.807) is 0 Å². The Labute approximate surface area is 95.4 Å². The third-order valence-electron chi connectivity index (χ3n) is 1.84. The lowest BCUT2D eigenvalue weighted by atomic mass is 10.1. The maximum absolute atomic E-state index is 8.92. The Bertz CT molecular complexity index is 143. The maximum atomic E-state index is 8.92. The number of unbranched alkanes of at least 4 members (excludes halogenated alkanes) is 3. The largest absolute Gasteiger partial charge is 0.342 e. The minimum absolute atomic E-state index is 0.455. The van der Waals surface area contributed by atoms with Gasteiger partial charge in [-0.05, 0) is 6.42 Å². The molecule has 13 heavy (non-hydrogen) atoms. The van der Waals surface area contributed by atoms with Crippen LogP contribution in [0, 0.1) is 0 Å². The van der Waals surface area contributed by atoms with Crippen LogP contribution in [-0.2, 0) is 0 Å². The molecule has 0 bridgehead atoms. The molecule has 0 aliphatic carbocycles. The van der Waals surface area contributed by atoms with Gasteiger partial charge in [0.2, 0.25) is 0 Å². The molecule has 0 aromatic rings. The first kappa shape index (κ1) is 13.8. The zero-order chi connectivity index (χ0) is 10.5. The first-order valence-corrected chi connectivity index (χ1v) is 5.95. The molecule has 0 aliphatic heterocycles. The summed E-state index contributed by atoms with van der Waals surface area (Å²) in [5.41, 5.74) is 0. The van der Waals surface area contributed by atoms with E-state index < -0.39 is 9.21 Å². The van der Waals surface area contributed by atoms with Crippen molar-refractivity contribution in [3.8, 4) is 0 Å². The van der Waals surface area contributed by atoms with Crippen molar-refractivity contribution in [2.45, 2.75) is 48.2 Å². The highest BCUT2D eigenvalue weighted by atomic mass is 79.9. The highest BCUT2D eigenvalue weighted by Crippen LogP contribution is 2.39. The first-order chi connectivity index (χ1) is 5.81. The summed E-state index contributed by atoms with van der Waals surface area (Å²) in [5, 5.41) is 26.8. The molecule has 0 fully saturated rings. The van der Waals surface area contributed by atoms with Crippen LogP contribution in [-0.4, -0.2) is 24.5 Å². The highest BCUT2D eigenvalue weighted by Gasteiger charge is 2.44. The quantitative estimate of drug-likeness (QED) is 0.399. The van der Waals surface area contributed by atoms with Crippen LogP contribution in [0.15, 0.2) is 0 Å². The topological polar surface area (TPSA) is 60.7 Å². The summed E-state index contributed by atoms with van der Waals surface area (Å²) >= 11 is 6.04. The third-order valence-corrected chi connectivity index (χ3v) is 3.69. The van der Waals surface area contributed by atoms with E-state index in [9.17, 15) is 0 Å². The molecule has 0 saturated heterocycles. The van der Waals surface area contributed by atoms with E-state index in [2.05, 4.69) is 38.8 Å². The number of hydrogen-bond acceptors (Lipinski definition) is 3. The summed E-state index contributed by atoms with van der Waals surface area (Å²) in [4.78, 5) is 0. The van der Waals surface area contributed by atoms with Crippen LogP contribution in [0.1, 0.15) is 39.0 Å². The van der Waals surface area contributed by atoms with Crippen LogP contribution in [0.5, 0.6) is 0 Å². The molecule has 0 spiro atoms. The Balaban J connectivity index is 3.77. The van der Waals surface area contributed by atoms with Crippen molar-refractivity contribution < 1.29 is 15.3 Å². The SMILES string of the molecule is CCCCCCC(Br)(Br)C(O)(O)O. The van der Waals surface area contributed by atoms with E-state index in [4.69, 9.17) is 15.3 Å². The number of rotatable bonds is 6. The molecule has 0 aromatic heterocycles. The molecule has 3 nitrogen and oxygen atoms in total. The van der Waals surface area contributed by atoms with Crippen LogP contribution in [0.25, 0.3) is 0 Å². The highest BCUT2D eigenvalue weighted by molar-refractivity contribution is 9.25. The van der Waals surface area contributed by atoms with Gasteiger partial charge in [-0.15, -0.1) is 0 Å². The van der Waals surface area contributed by atoms with Crippen LogP contribution >= 0.6 is 31.9 Å². The van der Waals surface area contributed by atoms with Gasteiger partial charge in [-0.2, -0.15) is 0 Å². The number of halogens is 2. The van der Waals surface area contributed by atoms with Gasteiger partial charge in [0.15, 0.2) is 3.23 Å². The van der Waals surface area contributed by atoms with Gasteiger partial charge in [0.25, 0.3) is 0 Å². The van der Waals surface area contributed by atoms with Crippen molar-refractivity contribution in [1.82, 2.24) is 0 Å². The van der Waals surface area contributed by atoms with Gasteiger partial charge in [-0.25, -0.2) is 0 Å². The standard InChI is InChI=1S/C8H16Br2O3/c1-2-3-4-5-6-7(9,10)8(11,12)13/h11-13H,2-6H2,1H3. The predicted molar refractivity (Wildman–Crippen MR) is 58.7 cm³/mol. The minimum Gasteiger partial charge on any atom is -0.342 e. The molecule has 0 atom stereocenters. The van der Waals surface area contributed by atoms with E-state index in [0.29, 0.717) is 6.42 Å². The monoisotopic (exact) mass is 318 g/mol. The average molecular weight is 320 g/mol. The zero-order valence-corrected chi connectivity index (χ0v) is 10.8. The van der Waals surface area contributed by atoms with Crippen molar-refractivity contribution in [2.24, 2.45) is 0 Å². The Morgan fingerprint density at radius 1 is 1.00 bits per heavy atom. The normalized spacial score (nSPS) is 13.4. The lowest BCUT2D eigenvalue weighted by Crippen LogP contribution is -2.45. The van der Waals surface area contributed by atoms with Gasteiger partial charge in [0.05, 0.1) is 0 Å². The Morgan fingerprint density at radius 3 is 1.92 bits per heavy atom. The summed E-state index contributed by atoms with van der Waals surface area (Å²) in [7, 11) is 0. The lowest BCUT2D eigenvalue weighted by Gasteiger charge is -2.29. The lowest BCUT2D eigenvalue weighted by molar-refractivity contribution is -0.314. The third kappa shape index (κ3) is 5.32. The second-order valence-electron chi connectivity index (χ2n) is 3.15. The van der Waals surface area contributed by atoms with Crippen molar-refractivity contribution >= 4 is 31.9 Å². The molecule has 0 radical (unpaired) electrons. The summed E-state index contributed by atoms with van der Waals surface area (Å²) in [6.45, 7) is 2.10. The number of hydrogen-bond donors (Lipinski definition) is 3. The summed E-state index contributed by atoms with van der Waals surface area (Å²) < 4.78 is -1.22. The minimum atomic E-state index is -2.72. The molecule has 0 saturated carbocycles. The Kier molecular flexibility index (Phi) is 6.02. The van der Waals surface area contributed by atoms with Crippen molar-refractivity contribution in [3.63, 3.8) is 0 Å². The van der Waals surface area contributed by atoms with Gasteiger partial charge in [-0.3, -0.25) is 0 Å². The van der Waals surface area contributed by atoms with Gasteiger partial charge in [0.1, 0.15) is 0 Å². The number of aliphatic hydroxyl groups is 3. The van der Waals surface area contributed by atoms with Crippen molar-refractivity contribution in [3.05, 3.63) is 0 Å². The van der Waals surface area contributed by atoms with E-state index in [-0.39, 0.29) is 0 Å². The maximum Gasteiger partial charge on any atom is 0.302 e. The summed E-state index contributed by atoms with van der Waals surface area (Å²) in [5.74, 6) is -2.72. The smallest absolute Gasteiger partial charge is 0.302 e. The van der Waals surface area contributed by atoms with Gasteiger partial charge < -0.3 is 15.3 Å². The summed E-state index contributed by atoms with van der Waals surface area (Å²) in [6, 6.07) is 0. The van der Waals surface area contributed by atoms with Gasteiger partial charge in [0, 0.05) is 0 Å². The van der Waals surface area contributed by atoms with E-state index in [1.807, 2.05) is 0 Å². The van der Waals surface area contributed by atoms with Crippen LogP contribution < -0.4 is 0 Å². The van der Waals surface area contributed by atoms with Gasteiger partial charge in [-0.1, -0.05) is 64.5 Å². The fourth-order valence-electron chi connectivity index (χ4n) is 0.942. The van der Waals surface area contributed by atoms with Crippen LogP contribution in [0.2, 0.25) is 0 Å². The molecule has 0 aromatic carbocycles. The second-order valence-corrected chi connectivity index (χ2v) is 6.92. The van der Waals surface area contributed by atoms with E-state index in [0.717, 1.165) is 25.7 Å². The van der Waals surface area contributed by atoms with E-state index in [1.165, 1.54) is 0 Å². The van der Waals surface area contributed by atoms with Crippen molar-refractivity contribution in [1.29, 1.82) is 0 Å². The number of alkyl halides is 2. The molecule has 3 N–H and O–H groups in total. The van der Waals surface area contributed by atoms with Gasteiger partial charge >= 0.3 is 5.97 Å². The molecule has 5 heteroatoms. The fourth-order valence-corrected chi connectivity index (χ4v) is 1.50. The second kappa shape index (κ2) is 5.66. The van der Waals surface area contributed by atoms with E-state index >= 15 is 0 Å². The first-order valence-electron chi connectivity index (χ1n) is 4.36. The van der Waals surface area contributed by atoms with Crippen molar-refractivity contribution in [2.75, 3.05) is 0 Å². The molecule has 0 amide bonds. The fraction of sp³-hybridized carbons (Fsp3) is 1.00.